The van der Waals surface area contributed by atoms with Crippen molar-refractivity contribution in [3.8, 4) is 6.07 Å². The molecule has 0 aliphatic heterocycles. The maximum Gasteiger partial charge on any atom is 0.262 e. The maximum atomic E-state index is 12.8. The Hall–Kier alpha value is -3.90. The van der Waals surface area contributed by atoms with Crippen molar-refractivity contribution in [2.24, 2.45) is 0 Å². The van der Waals surface area contributed by atoms with E-state index < -0.39 is 0 Å². The van der Waals surface area contributed by atoms with Crippen LogP contribution in [0.2, 0.25) is 0 Å². The van der Waals surface area contributed by atoms with Crippen LogP contribution in [0.3, 0.4) is 0 Å². The van der Waals surface area contributed by atoms with Crippen molar-refractivity contribution in [2.45, 2.75) is 13.0 Å². The molecule has 0 unspecified atom stereocenters. The fraction of sp³-hybridized carbons (Fsp3) is 0.0769. The average Bonchev–Trinajstić information content (AvgIpc) is 2.77. The number of amides is 1. The zero-order valence-electron chi connectivity index (χ0n) is 16.1. The number of nitrogens with zero attached hydrogens (tertiary/aromatic N) is 1. The molecule has 0 bridgehead atoms. The van der Waals surface area contributed by atoms with E-state index >= 15 is 0 Å². The highest BCUT2D eigenvalue weighted by molar-refractivity contribution is 6.11. The summed E-state index contributed by atoms with van der Waals surface area (Å²) in [5.74, 6) is -0.374. The predicted octanol–water partition coefficient (Wildman–Crippen LogP) is 5.78. The van der Waals surface area contributed by atoms with E-state index in [1.54, 1.807) is 6.08 Å². The van der Waals surface area contributed by atoms with Gasteiger partial charge in [-0.25, -0.2) is 0 Å². The normalized spacial score (nSPS) is 12.5. The summed E-state index contributed by atoms with van der Waals surface area (Å²) in [6.45, 7) is 1.91. The first-order valence-electron chi connectivity index (χ1n) is 9.55. The zero-order valence-corrected chi connectivity index (χ0v) is 16.1. The van der Waals surface area contributed by atoms with E-state index in [1.165, 1.54) is 0 Å². The number of carbonyl (C=O) groups excluding carboxylic acids is 1. The van der Waals surface area contributed by atoms with Crippen molar-refractivity contribution in [1.29, 1.82) is 5.26 Å². The number of rotatable bonds is 4. The summed E-state index contributed by atoms with van der Waals surface area (Å²) >= 11 is 0. The van der Waals surface area contributed by atoms with Crippen molar-refractivity contribution in [3.05, 3.63) is 102 Å². The molecule has 0 radical (unpaired) electrons. The van der Waals surface area contributed by atoms with E-state index in [0.29, 0.717) is 0 Å². The molecule has 1 amide bonds. The van der Waals surface area contributed by atoms with Crippen LogP contribution in [0.5, 0.6) is 0 Å². The molecule has 4 rings (SSSR count). The maximum absolute atomic E-state index is 12.8. The summed E-state index contributed by atoms with van der Waals surface area (Å²) in [5.41, 5.74) is 1.97. The van der Waals surface area contributed by atoms with E-state index in [4.69, 9.17) is 0 Å². The van der Waals surface area contributed by atoms with Crippen molar-refractivity contribution in [1.82, 2.24) is 5.32 Å². The number of carbonyl (C=O) groups is 1. The molecule has 4 aromatic rings. The lowest BCUT2D eigenvalue weighted by Gasteiger charge is -2.14. The Kier molecular flexibility index (Phi) is 5.09. The fourth-order valence-corrected chi connectivity index (χ4v) is 3.60. The van der Waals surface area contributed by atoms with Gasteiger partial charge in [-0.15, -0.1) is 0 Å². The monoisotopic (exact) mass is 376 g/mol. The molecular formula is C26H20N2O. The quantitative estimate of drug-likeness (QED) is 0.279. The van der Waals surface area contributed by atoms with Gasteiger partial charge < -0.3 is 5.32 Å². The van der Waals surface area contributed by atoms with E-state index in [1.807, 2.05) is 85.8 Å². The smallest absolute Gasteiger partial charge is 0.262 e. The van der Waals surface area contributed by atoms with Gasteiger partial charge in [0.2, 0.25) is 0 Å². The molecule has 1 atom stereocenters. The van der Waals surface area contributed by atoms with E-state index in [2.05, 4.69) is 17.5 Å². The summed E-state index contributed by atoms with van der Waals surface area (Å²) in [4.78, 5) is 12.8. The molecule has 0 heterocycles. The minimum atomic E-state index is -0.374. The lowest BCUT2D eigenvalue weighted by Crippen LogP contribution is -2.27. The third-order valence-electron chi connectivity index (χ3n) is 5.11. The van der Waals surface area contributed by atoms with Crippen LogP contribution in [0.25, 0.3) is 27.6 Å². The van der Waals surface area contributed by atoms with Crippen LogP contribution >= 0.6 is 0 Å². The SMILES string of the molecule is C[C@@H](NC(=O)/C(C#N)=C/c1c2ccccc2cc2ccccc12)c1ccccc1. The minimum absolute atomic E-state index is 0.0919. The lowest BCUT2D eigenvalue weighted by atomic mass is 9.95. The first kappa shape index (κ1) is 18.5. The summed E-state index contributed by atoms with van der Waals surface area (Å²) < 4.78 is 0. The molecule has 0 aliphatic rings. The summed E-state index contributed by atoms with van der Waals surface area (Å²) in [6.07, 6.45) is 1.71. The van der Waals surface area contributed by atoms with Gasteiger partial charge in [0, 0.05) is 0 Å². The van der Waals surface area contributed by atoms with Gasteiger partial charge in [-0.1, -0.05) is 78.9 Å². The number of nitriles is 1. The molecule has 3 nitrogen and oxygen atoms in total. The molecule has 3 heteroatoms. The van der Waals surface area contributed by atoms with Crippen LogP contribution in [0.15, 0.2) is 90.5 Å². The van der Waals surface area contributed by atoms with Gasteiger partial charge in [-0.3, -0.25) is 4.79 Å². The highest BCUT2D eigenvalue weighted by Crippen LogP contribution is 2.30. The van der Waals surface area contributed by atoms with Crippen molar-refractivity contribution < 1.29 is 4.79 Å². The third-order valence-corrected chi connectivity index (χ3v) is 5.11. The van der Waals surface area contributed by atoms with Gasteiger partial charge in [-0.05, 0) is 51.7 Å². The van der Waals surface area contributed by atoms with Crippen LogP contribution in [-0.2, 0) is 4.79 Å². The molecule has 1 N–H and O–H groups in total. The Morgan fingerprint density at radius 1 is 0.897 bits per heavy atom. The predicted molar refractivity (Wildman–Crippen MR) is 118 cm³/mol. The van der Waals surface area contributed by atoms with E-state index in [9.17, 15) is 10.1 Å². The molecule has 29 heavy (non-hydrogen) atoms. The third kappa shape index (κ3) is 3.74. The Morgan fingerprint density at radius 3 is 2.03 bits per heavy atom. The molecule has 0 spiro atoms. The van der Waals surface area contributed by atoms with Crippen molar-refractivity contribution in [3.63, 3.8) is 0 Å². The second-order valence-electron chi connectivity index (χ2n) is 7.01. The topological polar surface area (TPSA) is 52.9 Å². The van der Waals surface area contributed by atoms with Crippen molar-refractivity contribution >= 4 is 33.5 Å². The first-order valence-corrected chi connectivity index (χ1v) is 9.55. The molecule has 0 aromatic heterocycles. The van der Waals surface area contributed by atoms with E-state index in [-0.39, 0.29) is 17.5 Å². The van der Waals surface area contributed by atoms with Crippen LogP contribution in [0, 0.1) is 11.3 Å². The van der Waals surface area contributed by atoms with Crippen LogP contribution < -0.4 is 5.32 Å². The van der Waals surface area contributed by atoms with Gasteiger partial charge in [0.15, 0.2) is 0 Å². The molecule has 140 valence electrons. The molecule has 4 aromatic carbocycles. The van der Waals surface area contributed by atoms with Crippen LogP contribution in [-0.4, -0.2) is 5.91 Å². The van der Waals surface area contributed by atoms with Gasteiger partial charge in [-0.2, -0.15) is 5.26 Å². The molecular weight excluding hydrogens is 356 g/mol. The second kappa shape index (κ2) is 8.00. The summed E-state index contributed by atoms with van der Waals surface area (Å²) in [5, 5.41) is 16.8. The number of nitrogens with one attached hydrogen (secondary N) is 1. The zero-order chi connectivity index (χ0) is 20.2. The number of hydrogen-bond acceptors (Lipinski definition) is 2. The second-order valence-corrected chi connectivity index (χ2v) is 7.01. The van der Waals surface area contributed by atoms with Gasteiger partial charge >= 0.3 is 0 Å². The fourth-order valence-electron chi connectivity index (χ4n) is 3.60. The Labute approximate surface area is 169 Å². The standard InChI is InChI=1S/C26H20N2O/c1-18(19-9-3-2-4-10-19)28-26(29)22(17-27)16-25-23-13-7-5-11-20(23)15-21-12-6-8-14-24(21)25/h2-16,18H,1H3,(H,28,29)/b22-16+/t18-/m1/s1. The average molecular weight is 376 g/mol. The first-order chi connectivity index (χ1) is 14.2. The molecule has 0 saturated carbocycles. The molecule has 0 aliphatic carbocycles. The molecule has 0 saturated heterocycles. The molecule has 0 fully saturated rings. The number of hydrogen-bond donors (Lipinski definition) is 1. The van der Waals surface area contributed by atoms with Gasteiger partial charge in [0.25, 0.3) is 5.91 Å². The largest absolute Gasteiger partial charge is 0.345 e. The van der Waals surface area contributed by atoms with Crippen LogP contribution in [0.4, 0.5) is 0 Å². The highest BCUT2D eigenvalue weighted by Gasteiger charge is 2.15. The minimum Gasteiger partial charge on any atom is -0.345 e. The van der Waals surface area contributed by atoms with E-state index in [0.717, 1.165) is 32.7 Å². The Balaban J connectivity index is 1.77. The Morgan fingerprint density at radius 2 is 1.45 bits per heavy atom. The van der Waals surface area contributed by atoms with Crippen LogP contribution in [0.1, 0.15) is 24.1 Å². The van der Waals surface area contributed by atoms with Gasteiger partial charge in [0.1, 0.15) is 11.6 Å². The van der Waals surface area contributed by atoms with Gasteiger partial charge in [0.05, 0.1) is 6.04 Å². The lowest BCUT2D eigenvalue weighted by molar-refractivity contribution is -0.117. The summed E-state index contributed by atoms with van der Waals surface area (Å²) in [7, 11) is 0. The highest BCUT2D eigenvalue weighted by atomic mass is 16.1. The summed E-state index contributed by atoms with van der Waals surface area (Å²) in [6, 6.07) is 29.8. The number of benzene rings is 4. The number of fused-ring (bicyclic) bond motifs is 2. The van der Waals surface area contributed by atoms with Crippen molar-refractivity contribution in [2.75, 3.05) is 0 Å². The Bertz CT molecular complexity index is 1210.